The third-order valence-electron chi connectivity index (χ3n) is 4.59. The van der Waals surface area contributed by atoms with Crippen molar-refractivity contribution >= 4 is 0 Å². The number of rotatable bonds is 3. The van der Waals surface area contributed by atoms with Crippen LogP contribution < -0.4 is 5.32 Å². The highest BCUT2D eigenvalue weighted by Gasteiger charge is 2.34. The monoisotopic (exact) mass is 273 g/mol. The average molecular weight is 273 g/mol. The molecule has 0 saturated carbocycles. The Bertz CT molecular complexity index is 523. The van der Waals surface area contributed by atoms with Gasteiger partial charge in [-0.2, -0.15) is 5.26 Å². The van der Waals surface area contributed by atoms with E-state index in [0.717, 1.165) is 13.0 Å². The van der Waals surface area contributed by atoms with Gasteiger partial charge in [-0.15, -0.1) is 0 Å². The van der Waals surface area contributed by atoms with Gasteiger partial charge in [0.25, 0.3) is 0 Å². The predicted octanol–water partition coefficient (Wildman–Crippen LogP) is 2.41. The summed E-state index contributed by atoms with van der Waals surface area (Å²) in [5, 5.41) is 12.4. The van der Waals surface area contributed by atoms with E-state index in [1.54, 1.807) is 6.07 Å². The van der Waals surface area contributed by atoms with Crippen LogP contribution >= 0.6 is 0 Å². The van der Waals surface area contributed by atoms with E-state index >= 15 is 0 Å². The summed E-state index contributed by atoms with van der Waals surface area (Å²) in [6.45, 7) is 2.88. The summed E-state index contributed by atoms with van der Waals surface area (Å²) < 4.78 is 13.8. The van der Waals surface area contributed by atoms with Gasteiger partial charge in [0.15, 0.2) is 0 Å². The minimum atomic E-state index is -0.227. The minimum absolute atomic E-state index is 0.227. The van der Waals surface area contributed by atoms with E-state index in [9.17, 15) is 4.39 Å². The summed E-state index contributed by atoms with van der Waals surface area (Å²) in [7, 11) is 0. The summed E-state index contributed by atoms with van der Waals surface area (Å²) >= 11 is 0. The van der Waals surface area contributed by atoms with Gasteiger partial charge in [-0.25, -0.2) is 4.39 Å². The van der Waals surface area contributed by atoms with Crippen LogP contribution in [0.15, 0.2) is 18.2 Å². The van der Waals surface area contributed by atoms with Crippen molar-refractivity contribution in [3.8, 4) is 6.07 Å². The van der Waals surface area contributed by atoms with Gasteiger partial charge >= 0.3 is 0 Å². The molecular weight excluding hydrogens is 253 g/mol. The number of benzene rings is 1. The number of nitrogens with one attached hydrogen (secondary N) is 1. The Labute approximate surface area is 119 Å². The molecule has 3 nitrogen and oxygen atoms in total. The number of fused-ring (bicyclic) bond motifs is 1. The molecule has 0 aromatic heterocycles. The molecule has 2 atom stereocenters. The van der Waals surface area contributed by atoms with Crippen LogP contribution in [0.5, 0.6) is 0 Å². The molecule has 0 aliphatic carbocycles. The first-order valence-corrected chi connectivity index (χ1v) is 7.44. The zero-order valence-corrected chi connectivity index (χ0v) is 11.6. The fourth-order valence-electron chi connectivity index (χ4n) is 3.51. The van der Waals surface area contributed by atoms with Gasteiger partial charge in [-0.1, -0.05) is 6.42 Å². The first-order valence-electron chi connectivity index (χ1n) is 7.44. The lowest BCUT2D eigenvalue weighted by molar-refractivity contribution is 0.180. The van der Waals surface area contributed by atoms with Gasteiger partial charge in [0.1, 0.15) is 5.82 Å². The van der Waals surface area contributed by atoms with E-state index in [1.165, 1.54) is 37.9 Å². The van der Waals surface area contributed by atoms with Crippen molar-refractivity contribution in [2.75, 3.05) is 13.1 Å². The van der Waals surface area contributed by atoms with Gasteiger partial charge in [0.2, 0.25) is 0 Å². The van der Waals surface area contributed by atoms with Crippen LogP contribution in [-0.4, -0.2) is 30.1 Å². The van der Waals surface area contributed by atoms with Crippen LogP contribution in [0.4, 0.5) is 4.39 Å². The van der Waals surface area contributed by atoms with Gasteiger partial charge < -0.3 is 5.32 Å². The zero-order chi connectivity index (χ0) is 13.9. The summed E-state index contributed by atoms with van der Waals surface area (Å²) in [6.07, 6.45) is 5.00. The van der Waals surface area contributed by atoms with Crippen molar-refractivity contribution in [3.05, 3.63) is 35.1 Å². The highest BCUT2D eigenvalue weighted by atomic mass is 19.1. The molecule has 2 saturated heterocycles. The molecule has 0 radical (unpaired) electrons. The fourth-order valence-corrected chi connectivity index (χ4v) is 3.51. The van der Waals surface area contributed by atoms with Gasteiger partial charge in [-0.05, 0) is 44.0 Å². The Morgan fingerprint density at radius 3 is 3.05 bits per heavy atom. The average Bonchev–Trinajstić information content (AvgIpc) is 2.90. The van der Waals surface area contributed by atoms with Crippen LogP contribution in [0.3, 0.4) is 0 Å². The number of halogens is 1. The van der Waals surface area contributed by atoms with Crippen LogP contribution in [0.1, 0.15) is 36.8 Å². The molecule has 3 rings (SSSR count). The molecule has 2 unspecified atom stereocenters. The van der Waals surface area contributed by atoms with Crippen LogP contribution in [0, 0.1) is 17.1 Å². The zero-order valence-electron chi connectivity index (χ0n) is 11.6. The second kappa shape index (κ2) is 5.90. The molecular formula is C16H20FN3. The highest BCUT2D eigenvalue weighted by molar-refractivity contribution is 5.33. The number of nitrogens with zero attached hydrogens (tertiary/aromatic N) is 2. The molecule has 2 aliphatic rings. The normalized spacial score (nSPS) is 26.2. The summed E-state index contributed by atoms with van der Waals surface area (Å²) in [6, 6.07) is 7.70. The maximum atomic E-state index is 13.8. The summed E-state index contributed by atoms with van der Waals surface area (Å²) in [5.41, 5.74) is 1.12. The number of piperidine rings is 1. The molecule has 20 heavy (non-hydrogen) atoms. The lowest BCUT2D eigenvalue weighted by atomic mass is 9.99. The van der Waals surface area contributed by atoms with E-state index < -0.39 is 0 Å². The topological polar surface area (TPSA) is 39.1 Å². The van der Waals surface area contributed by atoms with E-state index in [-0.39, 0.29) is 5.82 Å². The van der Waals surface area contributed by atoms with Crippen LogP contribution in [0.2, 0.25) is 0 Å². The Balaban J connectivity index is 1.63. The third-order valence-corrected chi connectivity index (χ3v) is 4.59. The molecule has 2 aliphatic heterocycles. The van der Waals surface area contributed by atoms with Crippen molar-refractivity contribution in [2.45, 2.75) is 44.3 Å². The van der Waals surface area contributed by atoms with Crippen molar-refractivity contribution in [1.29, 1.82) is 5.26 Å². The van der Waals surface area contributed by atoms with E-state index in [4.69, 9.17) is 5.26 Å². The smallest absolute Gasteiger partial charge is 0.127 e. The molecule has 2 fully saturated rings. The second-order valence-electron chi connectivity index (χ2n) is 5.79. The molecule has 2 heterocycles. The molecule has 106 valence electrons. The maximum Gasteiger partial charge on any atom is 0.127 e. The Kier molecular flexibility index (Phi) is 4.00. The Hall–Kier alpha value is -1.44. The molecule has 0 spiro atoms. The standard InChI is InChI=1S/C16H20FN3/c17-14-5-4-12(10-18)9-13(14)11-19-15-6-8-20-7-2-1-3-16(15)20/h4-5,9,15-16,19H,1-3,6-8,11H2. The largest absolute Gasteiger partial charge is 0.308 e. The van der Waals surface area contributed by atoms with Crippen LogP contribution in [0.25, 0.3) is 0 Å². The van der Waals surface area contributed by atoms with Crippen molar-refractivity contribution in [2.24, 2.45) is 0 Å². The van der Waals surface area contributed by atoms with Gasteiger partial charge in [0, 0.05) is 30.7 Å². The number of nitriles is 1. The summed E-state index contributed by atoms with van der Waals surface area (Å²) in [4.78, 5) is 2.56. The van der Waals surface area contributed by atoms with Crippen molar-refractivity contribution in [1.82, 2.24) is 10.2 Å². The minimum Gasteiger partial charge on any atom is -0.308 e. The Morgan fingerprint density at radius 2 is 2.20 bits per heavy atom. The maximum absolute atomic E-state index is 13.8. The fraction of sp³-hybridized carbons (Fsp3) is 0.562. The summed E-state index contributed by atoms with van der Waals surface area (Å²) in [5.74, 6) is -0.227. The third kappa shape index (κ3) is 2.70. The van der Waals surface area contributed by atoms with Crippen LogP contribution in [-0.2, 0) is 6.54 Å². The SMILES string of the molecule is N#Cc1ccc(F)c(CNC2CCN3CCCCC23)c1. The van der Waals surface area contributed by atoms with Gasteiger partial charge in [-0.3, -0.25) is 4.90 Å². The number of hydrogen-bond donors (Lipinski definition) is 1. The molecule has 1 N–H and O–H groups in total. The molecule has 0 bridgehead atoms. The Morgan fingerprint density at radius 1 is 1.30 bits per heavy atom. The molecule has 1 aromatic carbocycles. The molecule has 1 aromatic rings. The van der Waals surface area contributed by atoms with E-state index in [2.05, 4.69) is 16.3 Å². The van der Waals surface area contributed by atoms with Crippen molar-refractivity contribution in [3.63, 3.8) is 0 Å². The number of hydrogen-bond acceptors (Lipinski definition) is 3. The highest BCUT2D eigenvalue weighted by Crippen LogP contribution is 2.27. The predicted molar refractivity (Wildman–Crippen MR) is 75.6 cm³/mol. The lowest BCUT2D eigenvalue weighted by Crippen LogP contribution is -2.44. The molecule has 4 heteroatoms. The first-order chi connectivity index (χ1) is 9.78. The first kappa shape index (κ1) is 13.5. The van der Waals surface area contributed by atoms with E-state index in [0.29, 0.717) is 29.8 Å². The lowest BCUT2D eigenvalue weighted by Gasteiger charge is -2.32. The molecule has 0 amide bonds. The van der Waals surface area contributed by atoms with Gasteiger partial charge in [0.05, 0.1) is 11.6 Å². The van der Waals surface area contributed by atoms with Crippen molar-refractivity contribution < 1.29 is 4.39 Å². The second-order valence-corrected chi connectivity index (χ2v) is 5.79. The quantitative estimate of drug-likeness (QED) is 0.919. The van der Waals surface area contributed by atoms with E-state index in [1.807, 2.05) is 0 Å².